The monoisotopic (exact) mass is 564 g/mol. The van der Waals surface area contributed by atoms with Gasteiger partial charge in [0, 0.05) is 32.4 Å². The normalized spacial score (nSPS) is 20.2. The average molecular weight is 565 g/mol. The number of halogens is 1. The molecule has 2 atom stereocenters. The molecule has 1 saturated heterocycles. The minimum absolute atomic E-state index is 0. The lowest BCUT2D eigenvalue weighted by Gasteiger charge is -2.34. The van der Waals surface area contributed by atoms with Crippen molar-refractivity contribution in [2.45, 2.75) is 58.4 Å². The van der Waals surface area contributed by atoms with Gasteiger partial charge in [0.2, 0.25) is 0 Å². The van der Waals surface area contributed by atoms with Gasteiger partial charge in [-0.05, 0) is 68.7 Å². The van der Waals surface area contributed by atoms with Crippen molar-refractivity contribution >= 4 is 39.8 Å². The van der Waals surface area contributed by atoms with Gasteiger partial charge >= 0.3 is 0 Å². The summed E-state index contributed by atoms with van der Waals surface area (Å²) < 4.78 is 23.5. The molecule has 6 nitrogen and oxygen atoms in total. The maximum Gasteiger partial charge on any atom is 0.191 e. The first-order chi connectivity index (χ1) is 14.2. The second-order valence-electron chi connectivity index (χ2n) is 8.91. The van der Waals surface area contributed by atoms with Gasteiger partial charge in [-0.1, -0.05) is 26.0 Å². The molecule has 1 fully saturated rings. The van der Waals surface area contributed by atoms with Crippen molar-refractivity contribution in [3.05, 3.63) is 29.3 Å². The Morgan fingerprint density at radius 2 is 1.84 bits per heavy atom. The average Bonchev–Trinajstić information content (AvgIpc) is 2.64. The molecule has 0 amide bonds. The first-order valence-electron chi connectivity index (χ1n) is 11.2. The van der Waals surface area contributed by atoms with Crippen LogP contribution in [0.25, 0.3) is 0 Å². The number of aliphatic imine (C=N–C) groups is 1. The fourth-order valence-electron chi connectivity index (χ4n) is 4.38. The Hall–Kier alpha value is -0.870. The minimum atomic E-state index is -3.19. The molecule has 0 aromatic heterocycles. The number of sulfone groups is 1. The van der Waals surface area contributed by atoms with Crippen LogP contribution in [0.5, 0.6) is 0 Å². The Morgan fingerprint density at radius 1 is 1.16 bits per heavy atom. The van der Waals surface area contributed by atoms with E-state index in [4.69, 9.17) is 0 Å². The maximum atomic E-state index is 11.8. The standard InChI is InChI=1S/C23H40N4O2S.HI/c1-6-24-23(25-11-7-8-12-27-16-18(2)13-19(3)17-27)26-15-21-9-10-22(20(4)14-21)30(5,28)29;/h9-10,14,18-19H,6-8,11-13,15-17H2,1-5H3,(H2,24,25,26);1H. The van der Waals surface area contributed by atoms with Gasteiger partial charge in [0.05, 0.1) is 11.4 Å². The van der Waals surface area contributed by atoms with Crippen LogP contribution in [0.1, 0.15) is 51.2 Å². The zero-order chi connectivity index (χ0) is 22.1. The maximum absolute atomic E-state index is 11.8. The third-order valence-corrected chi connectivity index (χ3v) is 6.80. The van der Waals surface area contributed by atoms with Crippen molar-refractivity contribution in [3.8, 4) is 0 Å². The van der Waals surface area contributed by atoms with E-state index >= 15 is 0 Å². The molecule has 0 saturated carbocycles. The molecule has 0 aliphatic carbocycles. The van der Waals surface area contributed by atoms with Crippen molar-refractivity contribution in [1.82, 2.24) is 15.5 Å². The Labute approximate surface area is 206 Å². The molecule has 1 aliphatic rings. The summed E-state index contributed by atoms with van der Waals surface area (Å²) in [6, 6.07) is 5.43. The second kappa shape index (κ2) is 13.6. The molecule has 1 heterocycles. The van der Waals surface area contributed by atoms with Crippen LogP contribution >= 0.6 is 24.0 Å². The third-order valence-electron chi connectivity index (χ3n) is 5.54. The second-order valence-corrected chi connectivity index (χ2v) is 10.9. The summed E-state index contributed by atoms with van der Waals surface area (Å²) >= 11 is 0. The SMILES string of the molecule is CCNC(=NCc1ccc(S(C)(=O)=O)c(C)c1)NCCCCN1CC(C)CC(C)C1.I. The summed E-state index contributed by atoms with van der Waals surface area (Å²) in [5.74, 6) is 2.44. The van der Waals surface area contributed by atoms with Crippen LogP contribution in [-0.4, -0.2) is 58.3 Å². The number of aryl methyl sites for hydroxylation is 1. The Kier molecular flexibility index (Phi) is 12.4. The fourth-order valence-corrected chi connectivity index (χ4v) is 5.34. The van der Waals surface area contributed by atoms with Crippen LogP contribution in [0.3, 0.4) is 0 Å². The van der Waals surface area contributed by atoms with Crippen molar-refractivity contribution < 1.29 is 8.42 Å². The summed E-state index contributed by atoms with van der Waals surface area (Å²) in [7, 11) is -3.19. The van der Waals surface area contributed by atoms with Gasteiger partial charge in [-0.25, -0.2) is 13.4 Å². The molecule has 1 aromatic carbocycles. The van der Waals surface area contributed by atoms with Crippen LogP contribution in [0.4, 0.5) is 0 Å². The van der Waals surface area contributed by atoms with Crippen LogP contribution < -0.4 is 10.6 Å². The number of benzene rings is 1. The number of nitrogens with one attached hydrogen (secondary N) is 2. The highest BCUT2D eigenvalue weighted by Crippen LogP contribution is 2.21. The van der Waals surface area contributed by atoms with Crippen LogP contribution in [-0.2, 0) is 16.4 Å². The molecule has 1 aromatic rings. The summed E-state index contributed by atoms with van der Waals surface area (Å²) in [6.07, 6.45) is 4.91. The van der Waals surface area contributed by atoms with Crippen molar-refractivity contribution in [2.24, 2.45) is 16.8 Å². The van der Waals surface area contributed by atoms with Gasteiger partial charge in [0.1, 0.15) is 0 Å². The number of rotatable bonds is 9. The molecule has 31 heavy (non-hydrogen) atoms. The number of unbranched alkanes of at least 4 members (excludes halogenated alkanes) is 1. The quantitative estimate of drug-likeness (QED) is 0.207. The van der Waals surface area contributed by atoms with E-state index in [-0.39, 0.29) is 24.0 Å². The highest BCUT2D eigenvalue weighted by molar-refractivity contribution is 14.0. The molecule has 1 aliphatic heterocycles. The van der Waals surface area contributed by atoms with Gasteiger partial charge < -0.3 is 15.5 Å². The fraction of sp³-hybridized carbons (Fsp3) is 0.696. The zero-order valence-corrected chi connectivity index (χ0v) is 22.9. The number of likely N-dealkylation sites (tertiary alicyclic amines) is 1. The predicted octanol–water partition coefficient (Wildman–Crippen LogP) is 3.83. The van der Waals surface area contributed by atoms with Crippen LogP contribution in [0.15, 0.2) is 28.1 Å². The smallest absolute Gasteiger partial charge is 0.191 e. The van der Waals surface area contributed by atoms with Gasteiger partial charge in [-0.3, -0.25) is 0 Å². The minimum Gasteiger partial charge on any atom is -0.357 e. The van der Waals surface area contributed by atoms with Gasteiger partial charge in [0.25, 0.3) is 0 Å². The first kappa shape index (κ1) is 28.2. The summed E-state index contributed by atoms with van der Waals surface area (Å²) in [5, 5.41) is 6.71. The van der Waals surface area contributed by atoms with E-state index in [2.05, 4.69) is 41.3 Å². The third kappa shape index (κ3) is 10.1. The summed E-state index contributed by atoms with van der Waals surface area (Å²) in [4.78, 5) is 7.66. The van der Waals surface area contributed by atoms with E-state index < -0.39 is 9.84 Å². The number of hydrogen-bond donors (Lipinski definition) is 2. The van der Waals surface area contributed by atoms with Gasteiger partial charge in [-0.2, -0.15) is 0 Å². The zero-order valence-electron chi connectivity index (χ0n) is 19.8. The summed E-state index contributed by atoms with van der Waals surface area (Å²) in [5.41, 5.74) is 1.77. The van der Waals surface area contributed by atoms with E-state index in [1.807, 2.05) is 19.1 Å². The lowest BCUT2D eigenvalue weighted by Crippen LogP contribution is -2.40. The molecular weight excluding hydrogens is 523 g/mol. The topological polar surface area (TPSA) is 73.8 Å². The molecular formula is C23H41IN4O2S. The predicted molar refractivity (Wildman–Crippen MR) is 141 cm³/mol. The van der Waals surface area contributed by atoms with Crippen molar-refractivity contribution in [1.29, 1.82) is 0 Å². The highest BCUT2D eigenvalue weighted by atomic mass is 127. The largest absolute Gasteiger partial charge is 0.357 e. The highest BCUT2D eigenvalue weighted by Gasteiger charge is 2.20. The summed E-state index contributed by atoms with van der Waals surface area (Å²) in [6.45, 7) is 14.5. The van der Waals surface area contributed by atoms with Gasteiger partial charge in [-0.15, -0.1) is 24.0 Å². The van der Waals surface area contributed by atoms with Crippen LogP contribution in [0, 0.1) is 18.8 Å². The number of guanidine groups is 1. The van der Waals surface area contributed by atoms with E-state index in [9.17, 15) is 8.42 Å². The molecule has 0 spiro atoms. The molecule has 2 N–H and O–H groups in total. The van der Waals surface area contributed by atoms with Crippen molar-refractivity contribution in [2.75, 3.05) is 39.0 Å². The first-order valence-corrected chi connectivity index (χ1v) is 13.1. The van der Waals surface area contributed by atoms with E-state index in [1.54, 1.807) is 6.07 Å². The Morgan fingerprint density at radius 3 is 2.42 bits per heavy atom. The number of nitrogens with zero attached hydrogens (tertiary/aromatic N) is 2. The Balaban J connectivity index is 0.00000480. The van der Waals surface area contributed by atoms with E-state index in [0.29, 0.717) is 11.4 Å². The molecule has 0 radical (unpaired) electrons. The Bertz CT molecular complexity index is 804. The lowest BCUT2D eigenvalue weighted by molar-refractivity contribution is 0.139. The van der Waals surface area contributed by atoms with Gasteiger partial charge in [0.15, 0.2) is 15.8 Å². The number of piperidine rings is 1. The number of hydrogen-bond acceptors (Lipinski definition) is 4. The van der Waals surface area contributed by atoms with Crippen LogP contribution in [0.2, 0.25) is 0 Å². The molecule has 2 unspecified atom stereocenters. The van der Waals surface area contributed by atoms with Crippen molar-refractivity contribution in [3.63, 3.8) is 0 Å². The molecule has 2 rings (SSSR count). The lowest BCUT2D eigenvalue weighted by atomic mass is 9.92. The van der Waals surface area contributed by atoms with E-state index in [0.717, 1.165) is 48.4 Å². The molecule has 0 bridgehead atoms. The molecule has 8 heteroatoms. The van der Waals surface area contributed by atoms with E-state index in [1.165, 1.54) is 38.7 Å². The molecule has 178 valence electrons.